The lowest BCUT2D eigenvalue weighted by Gasteiger charge is -2.43. The maximum absolute atomic E-state index is 9.40. The molecule has 21 heavy (non-hydrogen) atoms. The summed E-state index contributed by atoms with van der Waals surface area (Å²) >= 11 is 0. The minimum atomic E-state index is -0.224. The zero-order valence-corrected chi connectivity index (χ0v) is 13.0. The van der Waals surface area contributed by atoms with Gasteiger partial charge in [-0.1, -0.05) is 12.1 Å². The molecule has 0 aromatic heterocycles. The Morgan fingerprint density at radius 2 is 2.00 bits per heavy atom. The van der Waals surface area contributed by atoms with Gasteiger partial charge in [0.25, 0.3) is 0 Å². The highest BCUT2D eigenvalue weighted by Crippen LogP contribution is 2.26. The molecule has 1 saturated carbocycles. The Balaban J connectivity index is 1.64. The standard InChI is InChI=1S/C17H26N2O2/c1-17(2)12-19(10-16(11-20)21-17)15-7-3-13(4-8-15)9-18-14-5-6-14/h3-4,7-8,14,16,18,20H,5-6,9-12H2,1-2H3. The molecule has 1 atom stereocenters. The van der Waals surface area contributed by atoms with Gasteiger partial charge < -0.3 is 20.1 Å². The molecule has 1 heterocycles. The molecular formula is C17H26N2O2. The van der Waals surface area contributed by atoms with Crippen molar-refractivity contribution in [3.63, 3.8) is 0 Å². The number of nitrogens with zero attached hydrogens (tertiary/aromatic N) is 1. The lowest BCUT2D eigenvalue weighted by Crippen LogP contribution is -2.54. The summed E-state index contributed by atoms with van der Waals surface area (Å²) in [7, 11) is 0. The highest BCUT2D eigenvalue weighted by molar-refractivity contribution is 5.48. The first-order chi connectivity index (χ1) is 10.1. The van der Waals surface area contributed by atoms with E-state index in [1.807, 2.05) is 0 Å². The number of rotatable bonds is 5. The fourth-order valence-corrected chi connectivity index (χ4v) is 2.96. The summed E-state index contributed by atoms with van der Waals surface area (Å²) in [5.74, 6) is 0. The van der Waals surface area contributed by atoms with Gasteiger partial charge in [-0.05, 0) is 44.4 Å². The maximum Gasteiger partial charge on any atom is 0.0988 e. The van der Waals surface area contributed by atoms with Crippen LogP contribution < -0.4 is 10.2 Å². The second-order valence-corrected chi connectivity index (χ2v) is 6.88. The molecule has 4 heteroatoms. The summed E-state index contributed by atoms with van der Waals surface area (Å²) in [6.07, 6.45) is 2.54. The molecule has 116 valence electrons. The smallest absolute Gasteiger partial charge is 0.0988 e. The van der Waals surface area contributed by atoms with Crippen LogP contribution in [-0.2, 0) is 11.3 Å². The van der Waals surface area contributed by atoms with Crippen LogP contribution in [-0.4, -0.2) is 42.5 Å². The largest absolute Gasteiger partial charge is 0.394 e. The van der Waals surface area contributed by atoms with Crippen molar-refractivity contribution < 1.29 is 9.84 Å². The van der Waals surface area contributed by atoms with Crippen LogP contribution in [0.5, 0.6) is 0 Å². The first-order valence-corrected chi connectivity index (χ1v) is 7.92. The second-order valence-electron chi connectivity index (χ2n) is 6.88. The van der Waals surface area contributed by atoms with Crippen LogP contribution in [0.1, 0.15) is 32.3 Å². The Bertz CT molecular complexity index is 468. The summed E-state index contributed by atoms with van der Waals surface area (Å²) in [6.45, 7) is 6.79. The Morgan fingerprint density at radius 1 is 1.29 bits per heavy atom. The minimum absolute atomic E-state index is 0.0727. The van der Waals surface area contributed by atoms with Gasteiger partial charge in [-0.25, -0.2) is 0 Å². The van der Waals surface area contributed by atoms with Gasteiger partial charge in [0.15, 0.2) is 0 Å². The maximum atomic E-state index is 9.40. The summed E-state index contributed by atoms with van der Waals surface area (Å²) in [5, 5.41) is 12.9. The normalized spacial score (nSPS) is 25.1. The van der Waals surface area contributed by atoms with Crippen molar-refractivity contribution in [2.45, 2.75) is 51.0 Å². The van der Waals surface area contributed by atoms with E-state index in [0.29, 0.717) is 0 Å². The van der Waals surface area contributed by atoms with E-state index >= 15 is 0 Å². The molecule has 1 aromatic carbocycles. The third-order valence-electron chi connectivity index (χ3n) is 4.16. The van der Waals surface area contributed by atoms with Crippen molar-refractivity contribution in [2.24, 2.45) is 0 Å². The molecule has 0 spiro atoms. The van der Waals surface area contributed by atoms with Crippen LogP contribution in [0, 0.1) is 0 Å². The van der Waals surface area contributed by atoms with Gasteiger partial charge in [0.2, 0.25) is 0 Å². The number of hydrogen-bond donors (Lipinski definition) is 2. The fraction of sp³-hybridized carbons (Fsp3) is 0.647. The van der Waals surface area contributed by atoms with Gasteiger partial charge in [-0.2, -0.15) is 0 Å². The van der Waals surface area contributed by atoms with Crippen molar-refractivity contribution >= 4 is 5.69 Å². The summed E-state index contributed by atoms with van der Waals surface area (Å²) in [5.41, 5.74) is 2.31. The van der Waals surface area contributed by atoms with Crippen LogP contribution in [0.4, 0.5) is 5.69 Å². The zero-order valence-electron chi connectivity index (χ0n) is 13.0. The lowest BCUT2D eigenvalue weighted by molar-refractivity contribution is -0.101. The summed E-state index contributed by atoms with van der Waals surface area (Å²) in [6, 6.07) is 9.50. The molecule has 2 N–H and O–H groups in total. The SMILES string of the molecule is CC1(C)CN(c2ccc(CNC3CC3)cc2)CC(CO)O1. The number of benzene rings is 1. The molecular weight excluding hydrogens is 264 g/mol. The van der Waals surface area contributed by atoms with Crippen LogP contribution in [0.15, 0.2) is 24.3 Å². The van der Waals surface area contributed by atoms with E-state index < -0.39 is 0 Å². The molecule has 0 radical (unpaired) electrons. The number of nitrogens with one attached hydrogen (secondary N) is 1. The number of morpholine rings is 1. The zero-order chi connectivity index (χ0) is 14.9. The molecule has 2 aliphatic rings. The monoisotopic (exact) mass is 290 g/mol. The average Bonchev–Trinajstić information content (AvgIpc) is 3.28. The quantitative estimate of drug-likeness (QED) is 0.869. The number of anilines is 1. The van der Waals surface area contributed by atoms with Crippen LogP contribution >= 0.6 is 0 Å². The summed E-state index contributed by atoms with van der Waals surface area (Å²) < 4.78 is 5.87. The lowest BCUT2D eigenvalue weighted by atomic mass is 10.0. The molecule has 0 bridgehead atoms. The second kappa shape index (κ2) is 5.95. The van der Waals surface area contributed by atoms with Gasteiger partial charge in [-0.15, -0.1) is 0 Å². The number of aliphatic hydroxyl groups is 1. The molecule has 1 aromatic rings. The van der Waals surface area contributed by atoms with Crippen LogP contribution in [0.25, 0.3) is 0 Å². The topological polar surface area (TPSA) is 44.7 Å². The molecule has 1 aliphatic heterocycles. The van der Waals surface area contributed by atoms with Crippen molar-refractivity contribution in [3.05, 3.63) is 29.8 Å². The predicted octanol–water partition coefficient (Wildman–Crippen LogP) is 1.91. The van der Waals surface area contributed by atoms with Gasteiger partial charge in [0.05, 0.1) is 18.3 Å². The fourth-order valence-electron chi connectivity index (χ4n) is 2.96. The highest BCUT2D eigenvalue weighted by Gasteiger charge is 2.33. The van der Waals surface area contributed by atoms with Gasteiger partial charge in [0, 0.05) is 31.4 Å². The van der Waals surface area contributed by atoms with Crippen molar-refractivity contribution in [2.75, 3.05) is 24.6 Å². The van der Waals surface area contributed by atoms with E-state index in [4.69, 9.17) is 4.74 Å². The Kier molecular flexibility index (Phi) is 4.20. The van der Waals surface area contributed by atoms with E-state index in [-0.39, 0.29) is 18.3 Å². The van der Waals surface area contributed by atoms with Crippen LogP contribution in [0.3, 0.4) is 0 Å². The third kappa shape index (κ3) is 3.96. The van der Waals surface area contributed by atoms with Crippen molar-refractivity contribution in [1.29, 1.82) is 0 Å². The highest BCUT2D eigenvalue weighted by atomic mass is 16.5. The Morgan fingerprint density at radius 3 is 2.62 bits per heavy atom. The minimum Gasteiger partial charge on any atom is -0.394 e. The number of aliphatic hydroxyl groups excluding tert-OH is 1. The number of ether oxygens (including phenoxy) is 1. The molecule has 2 fully saturated rings. The van der Waals surface area contributed by atoms with Gasteiger partial charge in [0.1, 0.15) is 0 Å². The predicted molar refractivity (Wildman–Crippen MR) is 84.6 cm³/mol. The molecule has 4 nitrogen and oxygen atoms in total. The van der Waals surface area contributed by atoms with E-state index in [9.17, 15) is 5.11 Å². The Labute approximate surface area is 127 Å². The summed E-state index contributed by atoms with van der Waals surface area (Å²) in [4.78, 5) is 2.31. The van der Waals surface area contributed by atoms with Crippen molar-refractivity contribution in [1.82, 2.24) is 5.32 Å². The first kappa shape index (κ1) is 14.8. The average molecular weight is 290 g/mol. The van der Waals surface area contributed by atoms with E-state index in [1.54, 1.807) is 0 Å². The van der Waals surface area contributed by atoms with Gasteiger partial charge in [-0.3, -0.25) is 0 Å². The molecule has 3 rings (SSSR count). The molecule has 1 unspecified atom stereocenters. The molecule has 1 saturated heterocycles. The van der Waals surface area contributed by atoms with E-state index in [1.165, 1.54) is 24.1 Å². The molecule has 1 aliphatic carbocycles. The third-order valence-corrected chi connectivity index (χ3v) is 4.16. The first-order valence-electron chi connectivity index (χ1n) is 7.92. The van der Waals surface area contributed by atoms with E-state index in [2.05, 4.69) is 48.3 Å². The van der Waals surface area contributed by atoms with Crippen molar-refractivity contribution in [3.8, 4) is 0 Å². The van der Waals surface area contributed by atoms with Gasteiger partial charge >= 0.3 is 0 Å². The van der Waals surface area contributed by atoms with Crippen LogP contribution in [0.2, 0.25) is 0 Å². The molecule has 0 amide bonds. The van der Waals surface area contributed by atoms with E-state index in [0.717, 1.165) is 25.7 Å². The number of hydrogen-bond acceptors (Lipinski definition) is 4. The Hall–Kier alpha value is -1.10.